The number of carbonyl (C=O) groups is 3. The van der Waals surface area contributed by atoms with Gasteiger partial charge in [-0.15, -0.1) is 0 Å². The predicted octanol–water partition coefficient (Wildman–Crippen LogP) is 0.158. The van der Waals surface area contributed by atoms with Crippen molar-refractivity contribution in [2.75, 3.05) is 7.05 Å². The van der Waals surface area contributed by atoms with Crippen molar-refractivity contribution < 1.29 is 14.4 Å². The number of nitrogens with two attached hydrogens (primary N) is 1. The predicted molar refractivity (Wildman–Crippen MR) is 73.5 cm³/mol. The second kappa shape index (κ2) is 6.35. The van der Waals surface area contributed by atoms with Crippen molar-refractivity contribution in [2.45, 2.75) is 57.0 Å². The molecular formula is C14H23N3O3. The number of amides is 3. The first-order valence-corrected chi connectivity index (χ1v) is 7.32. The lowest BCUT2D eigenvalue weighted by atomic mass is 9.84. The van der Waals surface area contributed by atoms with Crippen LogP contribution in [0.2, 0.25) is 0 Å². The number of hydrogen-bond acceptors (Lipinski definition) is 4. The van der Waals surface area contributed by atoms with Crippen LogP contribution in [0.3, 0.4) is 0 Å². The van der Waals surface area contributed by atoms with Gasteiger partial charge in [0.25, 0.3) is 5.91 Å². The molecule has 2 rings (SSSR count). The number of piperidine rings is 1. The molecule has 6 heteroatoms. The molecular weight excluding hydrogens is 258 g/mol. The average Bonchev–Trinajstić information content (AvgIpc) is 2.39. The number of likely N-dealkylation sites (tertiary alicyclic amines) is 1. The Labute approximate surface area is 119 Å². The summed E-state index contributed by atoms with van der Waals surface area (Å²) in [6.07, 6.45) is 5.14. The van der Waals surface area contributed by atoms with Gasteiger partial charge in [0.1, 0.15) is 6.04 Å². The summed E-state index contributed by atoms with van der Waals surface area (Å²) in [5.74, 6) is -0.282. The van der Waals surface area contributed by atoms with Crippen LogP contribution >= 0.6 is 0 Å². The third kappa shape index (κ3) is 3.56. The summed E-state index contributed by atoms with van der Waals surface area (Å²) in [5, 5.41) is 2.76. The molecule has 0 bridgehead atoms. The number of likely N-dealkylation sites (N-methyl/N-ethyl adjacent to an activating group) is 1. The molecule has 3 N–H and O–H groups in total. The summed E-state index contributed by atoms with van der Waals surface area (Å²) in [6, 6.07) is -0.357. The zero-order valence-corrected chi connectivity index (χ0v) is 11.9. The van der Waals surface area contributed by atoms with Gasteiger partial charge in [-0.2, -0.15) is 0 Å². The summed E-state index contributed by atoms with van der Waals surface area (Å²) < 4.78 is 0. The maximum Gasteiger partial charge on any atom is 0.251 e. The summed E-state index contributed by atoms with van der Waals surface area (Å²) in [7, 11) is 1.46. The molecule has 3 amide bonds. The molecule has 1 heterocycles. The van der Waals surface area contributed by atoms with Crippen molar-refractivity contribution >= 4 is 17.7 Å². The van der Waals surface area contributed by atoms with Gasteiger partial charge in [0, 0.05) is 25.9 Å². The lowest BCUT2D eigenvalue weighted by Gasteiger charge is -2.30. The fourth-order valence-electron chi connectivity index (χ4n) is 3.08. The third-order valence-electron chi connectivity index (χ3n) is 4.28. The highest BCUT2D eigenvalue weighted by Crippen LogP contribution is 2.25. The molecule has 0 aromatic carbocycles. The quantitative estimate of drug-likeness (QED) is 0.721. The Kier molecular flexibility index (Phi) is 4.75. The molecule has 1 saturated heterocycles. The van der Waals surface area contributed by atoms with Crippen molar-refractivity contribution in [3.05, 3.63) is 0 Å². The molecule has 2 fully saturated rings. The average molecular weight is 281 g/mol. The van der Waals surface area contributed by atoms with E-state index in [-0.39, 0.29) is 23.8 Å². The Morgan fingerprint density at radius 1 is 1.35 bits per heavy atom. The van der Waals surface area contributed by atoms with Crippen LogP contribution < -0.4 is 11.1 Å². The van der Waals surface area contributed by atoms with Crippen LogP contribution in [0.25, 0.3) is 0 Å². The molecule has 1 aliphatic heterocycles. The molecule has 0 aromatic heterocycles. The zero-order chi connectivity index (χ0) is 14.7. The van der Waals surface area contributed by atoms with E-state index < -0.39 is 6.04 Å². The van der Waals surface area contributed by atoms with E-state index in [1.807, 2.05) is 0 Å². The molecule has 1 aliphatic carbocycles. The molecule has 3 unspecified atom stereocenters. The van der Waals surface area contributed by atoms with Gasteiger partial charge in [0.2, 0.25) is 11.8 Å². The SMILES string of the molecule is CN1C(=O)CCC(NC(=O)CC2CCCC(N)C2)C1=O. The van der Waals surface area contributed by atoms with Crippen LogP contribution in [-0.4, -0.2) is 41.8 Å². The van der Waals surface area contributed by atoms with E-state index in [1.165, 1.54) is 7.05 Å². The molecule has 1 saturated carbocycles. The van der Waals surface area contributed by atoms with Gasteiger partial charge in [0.05, 0.1) is 0 Å². The van der Waals surface area contributed by atoms with E-state index >= 15 is 0 Å². The highest BCUT2D eigenvalue weighted by Gasteiger charge is 2.33. The largest absolute Gasteiger partial charge is 0.344 e. The standard InChI is InChI=1S/C14H23N3O3/c1-17-13(19)6-5-11(14(17)20)16-12(18)8-9-3-2-4-10(15)7-9/h9-11H,2-8,15H2,1H3,(H,16,18). The maximum atomic E-state index is 12.0. The van der Waals surface area contributed by atoms with Gasteiger partial charge < -0.3 is 11.1 Å². The van der Waals surface area contributed by atoms with Gasteiger partial charge in [0.15, 0.2) is 0 Å². The van der Waals surface area contributed by atoms with Crippen LogP contribution in [0, 0.1) is 5.92 Å². The highest BCUT2D eigenvalue weighted by molar-refractivity contribution is 6.01. The van der Waals surface area contributed by atoms with E-state index in [9.17, 15) is 14.4 Å². The van der Waals surface area contributed by atoms with Crippen molar-refractivity contribution in [1.82, 2.24) is 10.2 Å². The number of rotatable bonds is 3. The first-order valence-electron chi connectivity index (χ1n) is 7.32. The number of nitrogens with one attached hydrogen (secondary N) is 1. The Hall–Kier alpha value is -1.43. The van der Waals surface area contributed by atoms with Gasteiger partial charge in [-0.25, -0.2) is 0 Å². The van der Waals surface area contributed by atoms with E-state index in [4.69, 9.17) is 5.73 Å². The van der Waals surface area contributed by atoms with Crippen molar-refractivity contribution in [3.8, 4) is 0 Å². The lowest BCUT2D eigenvalue weighted by Crippen LogP contribution is -2.53. The summed E-state index contributed by atoms with van der Waals surface area (Å²) >= 11 is 0. The van der Waals surface area contributed by atoms with Crippen LogP contribution in [-0.2, 0) is 14.4 Å². The van der Waals surface area contributed by atoms with E-state index in [0.29, 0.717) is 25.2 Å². The molecule has 20 heavy (non-hydrogen) atoms. The van der Waals surface area contributed by atoms with Gasteiger partial charge in [-0.05, 0) is 31.6 Å². The Morgan fingerprint density at radius 3 is 2.80 bits per heavy atom. The smallest absolute Gasteiger partial charge is 0.251 e. The second-order valence-corrected chi connectivity index (χ2v) is 5.95. The minimum Gasteiger partial charge on any atom is -0.344 e. The number of hydrogen-bond donors (Lipinski definition) is 2. The van der Waals surface area contributed by atoms with Crippen LogP contribution in [0.15, 0.2) is 0 Å². The monoisotopic (exact) mass is 281 g/mol. The first kappa shape index (κ1) is 15.0. The lowest BCUT2D eigenvalue weighted by molar-refractivity contribution is -0.149. The minimum absolute atomic E-state index is 0.106. The fourth-order valence-corrected chi connectivity index (χ4v) is 3.08. The van der Waals surface area contributed by atoms with Crippen LogP contribution in [0.5, 0.6) is 0 Å². The summed E-state index contributed by atoms with van der Waals surface area (Å²) in [4.78, 5) is 36.4. The Morgan fingerprint density at radius 2 is 2.10 bits per heavy atom. The topological polar surface area (TPSA) is 92.5 Å². The molecule has 3 atom stereocenters. The van der Waals surface area contributed by atoms with E-state index in [0.717, 1.165) is 30.6 Å². The van der Waals surface area contributed by atoms with Gasteiger partial charge in [-0.3, -0.25) is 19.3 Å². The Balaban J connectivity index is 1.82. The van der Waals surface area contributed by atoms with E-state index in [1.54, 1.807) is 0 Å². The van der Waals surface area contributed by atoms with Crippen LogP contribution in [0.4, 0.5) is 0 Å². The van der Waals surface area contributed by atoms with Gasteiger partial charge in [-0.1, -0.05) is 6.42 Å². The van der Waals surface area contributed by atoms with Gasteiger partial charge >= 0.3 is 0 Å². The summed E-state index contributed by atoms with van der Waals surface area (Å²) in [6.45, 7) is 0. The van der Waals surface area contributed by atoms with E-state index in [2.05, 4.69) is 5.32 Å². The van der Waals surface area contributed by atoms with Crippen molar-refractivity contribution in [3.63, 3.8) is 0 Å². The normalized spacial score (nSPS) is 31.3. The number of imide groups is 1. The molecule has 6 nitrogen and oxygen atoms in total. The fraction of sp³-hybridized carbons (Fsp3) is 0.786. The second-order valence-electron chi connectivity index (χ2n) is 5.95. The van der Waals surface area contributed by atoms with Crippen molar-refractivity contribution in [1.29, 1.82) is 0 Å². The zero-order valence-electron chi connectivity index (χ0n) is 11.9. The maximum absolute atomic E-state index is 12.0. The number of nitrogens with zero attached hydrogens (tertiary/aromatic N) is 1. The third-order valence-corrected chi connectivity index (χ3v) is 4.28. The molecule has 0 radical (unpaired) electrons. The minimum atomic E-state index is -0.553. The molecule has 112 valence electrons. The molecule has 2 aliphatic rings. The molecule has 0 spiro atoms. The molecule has 0 aromatic rings. The van der Waals surface area contributed by atoms with Crippen LogP contribution in [0.1, 0.15) is 44.9 Å². The highest BCUT2D eigenvalue weighted by atomic mass is 16.2. The Bertz CT molecular complexity index is 410. The first-order chi connectivity index (χ1) is 9.47. The summed E-state index contributed by atoms with van der Waals surface area (Å²) in [5.41, 5.74) is 5.91. The number of carbonyl (C=O) groups excluding carboxylic acids is 3. The van der Waals surface area contributed by atoms with Crippen molar-refractivity contribution in [2.24, 2.45) is 11.7 Å².